The summed E-state index contributed by atoms with van der Waals surface area (Å²) in [6.45, 7) is 9.80. The molecular weight excluding hydrogens is 324 g/mol. The van der Waals surface area contributed by atoms with Gasteiger partial charge in [-0.3, -0.25) is 0 Å². The Hall–Kier alpha value is -2.00. The van der Waals surface area contributed by atoms with E-state index in [4.69, 9.17) is 21.1 Å². The van der Waals surface area contributed by atoms with E-state index >= 15 is 0 Å². The van der Waals surface area contributed by atoms with Crippen LogP contribution in [0.2, 0.25) is 5.02 Å². The molecular formula is C20H23ClO3. The van der Waals surface area contributed by atoms with Gasteiger partial charge in [-0.25, -0.2) is 4.79 Å². The van der Waals surface area contributed by atoms with E-state index in [1.54, 1.807) is 12.1 Å². The molecule has 0 aliphatic carbocycles. The Morgan fingerprint density at radius 2 is 1.71 bits per heavy atom. The summed E-state index contributed by atoms with van der Waals surface area (Å²) in [6, 6.07) is 9.52. The minimum atomic E-state index is -0.438. The van der Waals surface area contributed by atoms with Crippen molar-refractivity contribution in [1.29, 1.82) is 0 Å². The molecule has 0 N–H and O–H groups in total. The third kappa shape index (κ3) is 4.51. The Labute approximate surface area is 148 Å². The zero-order valence-corrected chi connectivity index (χ0v) is 15.5. The highest BCUT2D eigenvalue weighted by Gasteiger charge is 2.12. The van der Waals surface area contributed by atoms with Crippen LogP contribution >= 0.6 is 11.6 Å². The summed E-state index contributed by atoms with van der Waals surface area (Å²) in [6.07, 6.45) is 0. The lowest BCUT2D eigenvalue weighted by molar-refractivity contribution is -0.136. The molecule has 0 radical (unpaired) electrons. The highest BCUT2D eigenvalue weighted by molar-refractivity contribution is 6.32. The van der Waals surface area contributed by atoms with Gasteiger partial charge in [-0.2, -0.15) is 0 Å². The van der Waals surface area contributed by atoms with Gasteiger partial charge in [0.1, 0.15) is 11.5 Å². The fourth-order valence-electron chi connectivity index (χ4n) is 2.51. The fourth-order valence-corrected chi connectivity index (χ4v) is 2.62. The highest BCUT2D eigenvalue weighted by Crippen LogP contribution is 2.28. The predicted molar refractivity (Wildman–Crippen MR) is 97.3 cm³/mol. The molecule has 0 aliphatic rings. The van der Waals surface area contributed by atoms with Crippen LogP contribution in [0, 0.1) is 20.8 Å². The van der Waals surface area contributed by atoms with Crippen LogP contribution in [-0.4, -0.2) is 12.6 Å². The maximum absolute atomic E-state index is 12.1. The second-order valence-electron chi connectivity index (χ2n) is 6.33. The minimum absolute atomic E-state index is 0.135. The van der Waals surface area contributed by atoms with Crippen molar-refractivity contribution in [1.82, 2.24) is 0 Å². The monoisotopic (exact) mass is 346 g/mol. The number of benzene rings is 2. The summed E-state index contributed by atoms with van der Waals surface area (Å²) in [5.74, 6) is 1.09. The van der Waals surface area contributed by atoms with E-state index in [0.29, 0.717) is 16.7 Å². The van der Waals surface area contributed by atoms with Crippen LogP contribution in [-0.2, 0) is 4.79 Å². The van der Waals surface area contributed by atoms with Gasteiger partial charge in [0, 0.05) is 5.02 Å². The number of hydrogen-bond donors (Lipinski definition) is 0. The van der Waals surface area contributed by atoms with Gasteiger partial charge in [-0.05, 0) is 67.1 Å². The largest absolute Gasteiger partial charge is 0.482 e. The molecule has 2 aromatic carbocycles. The minimum Gasteiger partial charge on any atom is -0.482 e. The van der Waals surface area contributed by atoms with Crippen molar-refractivity contribution in [2.75, 3.05) is 6.61 Å². The molecule has 0 aromatic heterocycles. The number of aryl methyl sites for hydroxylation is 3. The number of carbonyl (C=O) groups excluding carboxylic acids is 1. The molecule has 0 spiro atoms. The van der Waals surface area contributed by atoms with Crippen LogP contribution < -0.4 is 9.47 Å². The summed E-state index contributed by atoms with van der Waals surface area (Å²) in [5, 5.41) is 0.687. The molecule has 0 saturated carbocycles. The summed E-state index contributed by atoms with van der Waals surface area (Å²) < 4.78 is 11.1. The summed E-state index contributed by atoms with van der Waals surface area (Å²) >= 11 is 6.12. The Kier molecular flexibility index (Phi) is 5.89. The van der Waals surface area contributed by atoms with E-state index in [1.807, 2.05) is 39.0 Å². The van der Waals surface area contributed by atoms with Crippen molar-refractivity contribution >= 4 is 17.6 Å². The maximum Gasteiger partial charge on any atom is 0.349 e. The average Bonchev–Trinajstić information content (AvgIpc) is 2.50. The second-order valence-corrected chi connectivity index (χ2v) is 6.71. The van der Waals surface area contributed by atoms with Crippen LogP contribution in [0.1, 0.15) is 42.0 Å². The Balaban J connectivity index is 2.05. The first-order valence-corrected chi connectivity index (χ1v) is 8.36. The lowest BCUT2D eigenvalue weighted by Gasteiger charge is -2.15. The van der Waals surface area contributed by atoms with Crippen molar-refractivity contribution in [3.8, 4) is 11.5 Å². The summed E-state index contributed by atoms with van der Waals surface area (Å²) in [7, 11) is 0. The van der Waals surface area contributed by atoms with Crippen molar-refractivity contribution in [2.24, 2.45) is 0 Å². The van der Waals surface area contributed by atoms with Crippen molar-refractivity contribution < 1.29 is 14.3 Å². The highest BCUT2D eigenvalue weighted by atomic mass is 35.5. The first-order valence-electron chi connectivity index (χ1n) is 7.98. The standard InChI is InChI=1S/C20H23ClO3/c1-12(2)17-7-6-13(3)8-18(17)23-11-19(22)24-16-9-14(4)20(21)15(5)10-16/h6-10,12H,11H2,1-5H3. The lowest BCUT2D eigenvalue weighted by Crippen LogP contribution is -2.18. The van der Waals surface area contributed by atoms with Gasteiger partial charge in [0.15, 0.2) is 6.61 Å². The lowest BCUT2D eigenvalue weighted by atomic mass is 10.0. The molecule has 0 atom stereocenters. The van der Waals surface area contributed by atoms with E-state index in [0.717, 1.165) is 28.0 Å². The molecule has 3 nitrogen and oxygen atoms in total. The molecule has 2 aromatic rings. The number of esters is 1. The number of rotatable bonds is 5. The van der Waals surface area contributed by atoms with Gasteiger partial charge in [-0.1, -0.05) is 37.6 Å². The van der Waals surface area contributed by atoms with E-state index < -0.39 is 5.97 Å². The van der Waals surface area contributed by atoms with E-state index in [9.17, 15) is 4.79 Å². The third-order valence-corrected chi connectivity index (χ3v) is 4.37. The molecule has 2 rings (SSSR count). The topological polar surface area (TPSA) is 35.5 Å². The molecule has 0 fully saturated rings. The van der Waals surface area contributed by atoms with Crippen molar-refractivity contribution in [2.45, 2.75) is 40.5 Å². The van der Waals surface area contributed by atoms with Crippen molar-refractivity contribution in [3.05, 3.63) is 57.6 Å². The molecule has 0 saturated heterocycles. The number of ether oxygens (including phenoxy) is 2. The normalized spacial score (nSPS) is 10.8. The molecule has 0 bridgehead atoms. The Morgan fingerprint density at radius 1 is 1.08 bits per heavy atom. The van der Waals surface area contributed by atoms with Gasteiger partial charge in [-0.15, -0.1) is 0 Å². The Bertz CT molecular complexity index is 728. The first kappa shape index (κ1) is 18.3. The van der Waals surface area contributed by atoms with Gasteiger partial charge >= 0.3 is 5.97 Å². The molecule has 0 heterocycles. The average molecular weight is 347 g/mol. The zero-order valence-electron chi connectivity index (χ0n) is 14.8. The van der Waals surface area contributed by atoms with Crippen LogP contribution in [0.25, 0.3) is 0 Å². The summed E-state index contributed by atoms with van der Waals surface area (Å²) in [5.41, 5.74) is 3.92. The fraction of sp³-hybridized carbons (Fsp3) is 0.350. The summed E-state index contributed by atoms with van der Waals surface area (Å²) in [4.78, 5) is 12.1. The van der Waals surface area contributed by atoms with Crippen LogP contribution in [0.4, 0.5) is 0 Å². The van der Waals surface area contributed by atoms with Crippen LogP contribution in [0.15, 0.2) is 30.3 Å². The SMILES string of the molecule is Cc1ccc(C(C)C)c(OCC(=O)Oc2cc(C)c(Cl)c(C)c2)c1. The quantitative estimate of drug-likeness (QED) is 0.539. The molecule has 0 amide bonds. The van der Waals surface area contributed by atoms with E-state index in [-0.39, 0.29) is 6.61 Å². The van der Waals surface area contributed by atoms with Gasteiger partial charge in [0.2, 0.25) is 0 Å². The van der Waals surface area contributed by atoms with Gasteiger partial charge in [0.25, 0.3) is 0 Å². The van der Waals surface area contributed by atoms with Crippen LogP contribution in [0.3, 0.4) is 0 Å². The molecule has 128 valence electrons. The van der Waals surface area contributed by atoms with E-state index in [1.165, 1.54) is 0 Å². The molecule has 0 aliphatic heterocycles. The number of halogens is 1. The van der Waals surface area contributed by atoms with Gasteiger partial charge in [0.05, 0.1) is 0 Å². The van der Waals surface area contributed by atoms with Crippen LogP contribution in [0.5, 0.6) is 11.5 Å². The van der Waals surface area contributed by atoms with Crippen molar-refractivity contribution in [3.63, 3.8) is 0 Å². The number of carbonyl (C=O) groups is 1. The van der Waals surface area contributed by atoms with E-state index in [2.05, 4.69) is 13.8 Å². The smallest absolute Gasteiger partial charge is 0.349 e. The number of hydrogen-bond acceptors (Lipinski definition) is 3. The first-order chi connectivity index (χ1) is 11.3. The molecule has 0 unspecified atom stereocenters. The Morgan fingerprint density at radius 3 is 2.29 bits per heavy atom. The third-order valence-electron chi connectivity index (χ3n) is 3.78. The maximum atomic E-state index is 12.1. The zero-order chi connectivity index (χ0) is 17.9. The van der Waals surface area contributed by atoms with Gasteiger partial charge < -0.3 is 9.47 Å². The second kappa shape index (κ2) is 7.71. The molecule has 24 heavy (non-hydrogen) atoms. The molecule has 4 heteroatoms. The predicted octanol–water partition coefficient (Wildman–Crippen LogP) is 5.37.